The van der Waals surface area contributed by atoms with Gasteiger partial charge in [0.1, 0.15) is 0 Å². The number of rotatable bonds is 6. The van der Waals surface area contributed by atoms with Gasteiger partial charge >= 0.3 is 11.9 Å². The summed E-state index contributed by atoms with van der Waals surface area (Å²) in [5, 5.41) is 0. The molecule has 1 atom stereocenters. The number of hydrogen-bond donors (Lipinski definition) is 0. The van der Waals surface area contributed by atoms with Gasteiger partial charge in [-0.1, -0.05) is 30.3 Å². The summed E-state index contributed by atoms with van der Waals surface area (Å²) >= 11 is 0. The van der Waals surface area contributed by atoms with Crippen molar-refractivity contribution in [2.75, 3.05) is 20.8 Å². The Kier molecular flexibility index (Phi) is 6.34. The molecule has 2 aromatic carbocycles. The van der Waals surface area contributed by atoms with Crippen LogP contribution in [0, 0.1) is 0 Å². The van der Waals surface area contributed by atoms with Crippen LogP contribution >= 0.6 is 0 Å². The van der Waals surface area contributed by atoms with Crippen molar-refractivity contribution >= 4 is 22.0 Å². The number of hydrogen-bond acceptors (Lipinski definition) is 6. The molecule has 0 saturated carbocycles. The molecule has 1 saturated heterocycles. The third kappa shape index (κ3) is 4.49. The van der Waals surface area contributed by atoms with Crippen LogP contribution in [0.25, 0.3) is 0 Å². The number of benzene rings is 2. The van der Waals surface area contributed by atoms with Gasteiger partial charge in [-0.2, -0.15) is 4.31 Å². The number of nitrogens with zero attached hydrogens (tertiary/aromatic N) is 1. The van der Waals surface area contributed by atoms with Crippen molar-refractivity contribution in [1.29, 1.82) is 0 Å². The maximum Gasteiger partial charge on any atom is 0.337 e. The Labute approximate surface area is 170 Å². The topological polar surface area (TPSA) is 90.0 Å². The number of sulfonamides is 1. The highest BCUT2D eigenvalue weighted by Gasteiger charge is 2.36. The van der Waals surface area contributed by atoms with E-state index in [-0.39, 0.29) is 22.1 Å². The standard InChI is InChI=1S/C21H23NO6S/c1-27-20(23)16-12-17(21(24)28-2)14-19(13-16)29(25,26)22-10-6-9-18(22)11-15-7-4-3-5-8-15/h3-5,7-8,12-14,18H,6,9-11H2,1-2H3/t18-/m0/s1. The lowest BCUT2D eigenvalue weighted by molar-refractivity contribution is 0.0598. The maximum absolute atomic E-state index is 13.4. The number of carbonyl (C=O) groups is 2. The van der Waals surface area contributed by atoms with E-state index in [0.29, 0.717) is 13.0 Å². The van der Waals surface area contributed by atoms with Crippen molar-refractivity contribution < 1.29 is 27.5 Å². The molecule has 0 bridgehead atoms. The Balaban J connectivity index is 1.99. The van der Waals surface area contributed by atoms with Crippen molar-refractivity contribution in [3.8, 4) is 0 Å². The zero-order valence-electron chi connectivity index (χ0n) is 16.3. The Morgan fingerprint density at radius 3 is 2.14 bits per heavy atom. The average Bonchev–Trinajstić information content (AvgIpc) is 3.21. The summed E-state index contributed by atoms with van der Waals surface area (Å²) in [4.78, 5) is 23.9. The molecule has 7 nitrogen and oxygen atoms in total. The number of ether oxygens (including phenoxy) is 2. The molecule has 1 fully saturated rings. The van der Waals surface area contributed by atoms with Crippen LogP contribution in [0.1, 0.15) is 39.1 Å². The van der Waals surface area contributed by atoms with Gasteiger partial charge in [-0.25, -0.2) is 18.0 Å². The fraction of sp³-hybridized carbons (Fsp3) is 0.333. The number of esters is 2. The zero-order valence-corrected chi connectivity index (χ0v) is 17.1. The molecule has 29 heavy (non-hydrogen) atoms. The molecule has 0 unspecified atom stereocenters. The molecule has 8 heteroatoms. The van der Waals surface area contributed by atoms with Crippen molar-refractivity contribution in [2.24, 2.45) is 0 Å². The maximum atomic E-state index is 13.4. The van der Waals surface area contributed by atoms with Crippen LogP contribution in [-0.4, -0.2) is 51.5 Å². The molecular formula is C21H23NO6S. The lowest BCUT2D eigenvalue weighted by Crippen LogP contribution is -2.37. The molecule has 0 amide bonds. The third-order valence-electron chi connectivity index (χ3n) is 4.99. The lowest BCUT2D eigenvalue weighted by atomic mass is 10.1. The largest absolute Gasteiger partial charge is 0.465 e. The van der Waals surface area contributed by atoms with Crippen LogP contribution < -0.4 is 0 Å². The second-order valence-electron chi connectivity index (χ2n) is 6.83. The first-order valence-corrected chi connectivity index (χ1v) is 10.7. The second-order valence-corrected chi connectivity index (χ2v) is 8.72. The molecule has 1 heterocycles. The van der Waals surface area contributed by atoms with E-state index in [0.717, 1.165) is 18.4 Å². The monoisotopic (exact) mass is 417 g/mol. The molecule has 0 aliphatic carbocycles. The van der Waals surface area contributed by atoms with Gasteiger partial charge in [0.25, 0.3) is 0 Å². The van der Waals surface area contributed by atoms with Gasteiger partial charge < -0.3 is 9.47 Å². The molecule has 154 valence electrons. The molecule has 1 aliphatic heterocycles. The Morgan fingerprint density at radius 1 is 1.00 bits per heavy atom. The van der Waals surface area contributed by atoms with Gasteiger partial charge in [0, 0.05) is 12.6 Å². The quantitative estimate of drug-likeness (QED) is 0.672. The van der Waals surface area contributed by atoms with Crippen LogP contribution in [0.4, 0.5) is 0 Å². The van der Waals surface area contributed by atoms with Crippen LogP contribution in [0.2, 0.25) is 0 Å². The van der Waals surface area contributed by atoms with Crippen molar-refractivity contribution in [3.63, 3.8) is 0 Å². The first-order valence-electron chi connectivity index (χ1n) is 9.24. The van der Waals surface area contributed by atoms with Gasteiger partial charge in [0.05, 0.1) is 30.2 Å². The van der Waals surface area contributed by atoms with Crippen LogP contribution in [0.15, 0.2) is 53.4 Å². The van der Waals surface area contributed by atoms with Gasteiger partial charge in [0.15, 0.2) is 0 Å². The molecule has 2 aromatic rings. The van der Waals surface area contributed by atoms with Crippen molar-refractivity contribution in [3.05, 3.63) is 65.2 Å². The van der Waals surface area contributed by atoms with Gasteiger partial charge in [-0.3, -0.25) is 0 Å². The minimum absolute atomic E-state index is 0.0206. The van der Waals surface area contributed by atoms with E-state index in [1.54, 1.807) is 0 Å². The van der Waals surface area contributed by atoms with E-state index in [1.165, 1.54) is 36.7 Å². The Bertz CT molecular complexity index is 969. The smallest absolute Gasteiger partial charge is 0.337 e. The molecule has 0 radical (unpaired) electrons. The molecule has 0 N–H and O–H groups in total. The summed E-state index contributed by atoms with van der Waals surface area (Å²) in [5.41, 5.74) is 1.01. The predicted octanol–water partition coefficient (Wildman–Crippen LogP) is 2.66. The number of carbonyl (C=O) groups excluding carboxylic acids is 2. The highest BCUT2D eigenvalue weighted by atomic mass is 32.2. The first kappa shape index (κ1) is 21.0. The summed E-state index contributed by atoms with van der Waals surface area (Å²) in [6.45, 7) is 0.385. The van der Waals surface area contributed by atoms with Gasteiger partial charge in [0.2, 0.25) is 10.0 Å². The SMILES string of the molecule is COC(=O)c1cc(C(=O)OC)cc(S(=O)(=O)N2CCC[C@H]2Cc2ccccc2)c1. The first-order chi connectivity index (χ1) is 13.9. The van der Waals surface area contributed by atoms with Crippen molar-refractivity contribution in [1.82, 2.24) is 4.31 Å². The molecule has 1 aliphatic rings. The van der Waals surface area contributed by atoms with Crippen LogP contribution in [0.5, 0.6) is 0 Å². The normalized spacial score (nSPS) is 17.1. The fourth-order valence-corrected chi connectivity index (χ4v) is 5.34. The summed E-state index contributed by atoms with van der Waals surface area (Å²) in [7, 11) is -1.53. The molecule has 0 aromatic heterocycles. The van der Waals surface area contributed by atoms with E-state index in [1.807, 2.05) is 30.3 Å². The average molecular weight is 417 g/mol. The molecule has 3 rings (SSSR count). The third-order valence-corrected chi connectivity index (χ3v) is 6.92. The van der Waals surface area contributed by atoms with Crippen molar-refractivity contribution in [2.45, 2.75) is 30.2 Å². The lowest BCUT2D eigenvalue weighted by Gasteiger charge is -2.24. The number of methoxy groups -OCH3 is 2. The van der Waals surface area contributed by atoms with E-state index in [2.05, 4.69) is 0 Å². The Hall–Kier alpha value is -2.71. The predicted molar refractivity (Wildman–Crippen MR) is 106 cm³/mol. The van der Waals surface area contributed by atoms with E-state index < -0.39 is 22.0 Å². The van der Waals surface area contributed by atoms with E-state index in [4.69, 9.17) is 9.47 Å². The highest BCUT2D eigenvalue weighted by molar-refractivity contribution is 7.89. The fourth-order valence-electron chi connectivity index (χ4n) is 3.57. The second kappa shape index (κ2) is 8.75. The minimum Gasteiger partial charge on any atom is -0.465 e. The summed E-state index contributed by atoms with van der Waals surface area (Å²) in [5.74, 6) is -1.45. The van der Waals surface area contributed by atoms with E-state index in [9.17, 15) is 18.0 Å². The zero-order chi connectivity index (χ0) is 21.0. The highest BCUT2D eigenvalue weighted by Crippen LogP contribution is 2.29. The Morgan fingerprint density at radius 2 is 1.59 bits per heavy atom. The summed E-state index contributed by atoms with van der Waals surface area (Å²) < 4.78 is 37.6. The van der Waals surface area contributed by atoms with Crippen LogP contribution in [0.3, 0.4) is 0 Å². The molecule has 0 spiro atoms. The van der Waals surface area contributed by atoms with E-state index >= 15 is 0 Å². The van der Waals surface area contributed by atoms with Gasteiger partial charge in [-0.15, -0.1) is 0 Å². The summed E-state index contributed by atoms with van der Waals surface area (Å²) in [6, 6.07) is 13.3. The summed E-state index contributed by atoms with van der Waals surface area (Å²) in [6.07, 6.45) is 2.09. The molecular weight excluding hydrogens is 394 g/mol. The van der Waals surface area contributed by atoms with Crippen LogP contribution in [-0.2, 0) is 25.9 Å². The van der Waals surface area contributed by atoms with Gasteiger partial charge in [-0.05, 0) is 43.0 Å². The minimum atomic E-state index is -3.92.